The van der Waals surface area contributed by atoms with Gasteiger partial charge in [0.2, 0.25) is 0 Å². The number of rotatable bonds is 2. The SMILES string of the molecule is CC(C)Cc1c[nH]c2c(Br)cc(F)cc12. The number of benzene rings is 1. The van der Waals surface area contributed by atoms with Crippen molar-refractivity contribution in [2.75, 3.05) is 0 Å². The average Bonchev–Trinajstić information content (AvgIpc) is 2.48. The first kappa shape index (κ1) is 10.7. The van der Waals surface area contributed by atoms with Gasteiger partial charge in [0.05, 0.1) is 5.52 Å². The third-order valence-electron chi connectivity index (χ3n) is 2.42. The fraction of sp³-hybridized carbons (Fsp3) is 0.333. The zero-order chi connectivity index (χ0) is 11.0. The van der Waals surface area contributed by atoms with Crippen LogP contribution in [-0.4, -0.2) is 4.98 Å². The summed E-state index contributed by atoms with van der Waals surface area (Å²) >= 11 is 3.36. The lowest BCUT2D eigenvalue weighted by Crippen LogP contribution is -1.92. The minimum Gasteiger partial charge on any atom is -0.360 e. The summed E-state index contributed by atoms with van der Waals surface area (Å²) in [6.45, 7) is 4.32. The minimum atomic E-state index is -0.195. The van der Waals surface area contributed by atoms with Crippen molar-refractivity contribution in [3.8, 4) is 0 Å². The molecule has 0 amide bonds. The van der Waals surface area contributed by atoms with Crippen LogP contribution in [-0.2, 0) is 6.42 Å². The van der Waals surface area contributed by atoms with E-state index in [0.717, 1.165) is 21.8 Å². The van der Waals surface area contributed by atoms with Gasteiger partial charge < -0.3 is 4.98 Å². The molecule has 0 aliphatic rings. The van der Waals surface area contributed by atoms with Crippen molar-refractivity contribution in [1.29, 1.82) is 0 Å². The highest BCUT2D eigenvalue weighted by atomic mass is 79.9. The van der Waals surface area contributed by atoms with Crippen molar-refractivity contribution in [3.05, 3.63) is 34.2 Å². The molecule has 0 unspecified atom stereocenters. The minimum absolute atomic E-state index is 0.195. The van der Waals surface area contributed by atoms with E-state index in [1.54, 1.807) is 6.07 Å². The summed E-state index contributed by atoms with van der Waals surface area (Å²) in [7, 11) is 0. The fourth-order valence-electron chi connectivity index (χ4n) is 1.82. The molecule has 15 heavy (non-hydrogen) atoms. The topological polar surface area (TPSA) is 15.8 Å². The summed E-state index contributed by atoms with van der Waals surface area (Å²) in [5, 5.41) is 0.982. The second-order valence-electron chi connectivity index (χ2n) is 4.22. The van der Waals surface area contributed by atoms with Crippen LogP contribution in [0.15, 0.2) is 22.8 Å². The maximum Gasteiger partial charge on any atom is 0.125 e. The molecule has 2 rings (SSSR count). The molecule has 0 spiro atoms. The Labute approximate surface area is 96.8 Å². The highest BCUT2D eigenvalue weighted by Gasteiger charge is 2.09. The molecule has 0 radical (unpaired) electrons. The van der Waals surface area contributed by atoms with Crippen molar-refractivity contribution in [3.63, 3.8) is 0 Å². The molecule has 1 heterocycles. The van der Waals surface area contributed by atoms with E-state index in [0.29, 0.717) is 5.92 Å². The van der Waals surface area contributed by atoms with Crippen LogP contribution in [0.25, 0.3) is 10.9 Å². The van der Waals surface area contributed by atoms with Crippen molar-refractivity contribution in [2.24, 2.45) is 5.92 Å². The lowest BCUT2D eigenvalue weighted by atomic mass is 10.0. The second kappa shape index (κ2) is 3.97. The Bertz CT molecular complexity index is 488. The monoisotopic (exact) mass is 269 g/mol. The van der Waals surface area contributed by atoms with Gasteiger partial charge in [0.15, 0.2) is 0 Å². The Hall–Kier alpha value is -0.830. The number of halogens is 2. The van der Waals surface area contributed by atoms with Crippen LogP contribution in [0, 0.1) is 11.7 Å². The highest BCUT2D eigenvalue weighted by molar-refractivity contribution is 9.10. The predicted octanol–water partition coefficient (Wildman–Crippen LogP) is 4.27. The third-order valence-corrected chi connectivity index (χ3v) is 3.05. The summed E-state index contributed by atoms with van der Waals surface area (Å²) in [6, 6.07) is 3.08. The van der Waals surface area contributed by atoms with Crippen LogP contribution in [0.4, 0.5) is 4.39 Å². The van der Waals surface area contributed by atoms with E-state index in [9.17, 15) is 4.39 Å². The van der Waals surface area contributed by atoms with Crippen molar-refractivity contribution < 1.29 is 4.39 Å². The van der Waals surface area contributed by atoms with Gasteiger partial charge >= 0.3 is 0 Å². The molecule has 0 atom stereocenters. The van der Waals surface area contributed by atoms with Gasteiger partial charge in [-0.1, -0.05) is 13.8 Å². The smallest absolute Gasteiger partial charge is 0.125 e. The van der Waals surface area contributed by atoms with E-state index in [4.69, 9.17) is 0 Å². The molecule has 80 valence electrons. The summed E-state index contributed by atoms with van der Waals surface area (Å²) in [6.07, 6.45) is 2.94. The number of aromatic nitrogens is 1. The lowest BCUT2D eigenvalue weighted by molar-refractivity contribution is 0.627. The third kappa shape index (κ3) is 2.07. The molecule has 0 aliphatic heterocycles. The van der Waals surface area contributed by atoms with E-state index in [-0.39, 0.29) is 5.82 Å². The Morgan fingerprint density at radius 3 is 2.80 bits per heavy atom. The molecule has 0 aliphatic carbocycles. The van der Waals surface area contributed by atoms with Crippen molar-refractivity contribution in [2.45, 2.75) is 20.3 Å². The normalized spacial score (nSPS) is 11.5. The number of aromatic amines is 1. The first-order valence-corrected chi connectivity index (χ1v) is 5.82. The molecule has 3 heteroatoms. The molecule has 1 aromatic heterocycles. The molecular formula is C12H13BrFN. The number of hydrogen-bond donors (Lipinski definition) is 1. The zero-order valence-electron chi connectivity index (χ0n) is 8.77. The van der Waals surface area contributed by atoms with Crippen LogP contribution < -0.4 is 0 Å². The van der Waals surface area contributed by atoms with Crippen molar-refractivity contribution in [1.82, 2.24) is 4.98 Å². The molecule has 1 nitrogen and oxygen atoms in total. The van der Waals surface area contributed by atoms with Gasteiger partial charge in [-0.2, -0.15) is 0 Å². The summed E-state index contributed by atoms with van der Waals surface area (Å²) in [4.78, 5) is 3.18. The molecule has 0 saturated heterocycles. The Morgan fingerprint density at radius 2 is 2.13 bits per heavy atom. The van der Waals surface area contributed by atoms with Gasteiger partial charge in [-0.15, -0.1) is 0 Å². The summed E-state index contributed by atoms with van der Waals surface area (Å²) in [5.74, 6) is 0.380. The molecule has 0 saturated carbocycles. The first-order chi connectivity index (χ1) is 7.08. The van der Waals surface area contributed by atoms with Gasteiger partial charge in [0.1, 0.15) is 5.82 Å². The molecule has 2 aromatic rings. The second-order valence-corrected chi connectivity index (χ2v) is 5.08. The van der Waals surface area contributed by atoms with Crippen LogP contribution in [0.5, 0.6) is 0 Å². The van der Waals surface area contributed by atoms with Crippen LogP contribution in [0.3, 0.4) is 0 Å². The number of nitrogens with one attached hydrogen (secondary N) is 1. The van der Waals surface area contributed by atoms with Crippen LogP contribution in [0.1, 0.15) is 19.4 Å². The molecule has 1 aromatic carbocycles. The van der Waals surface area contributed by atoms with Gasteiger partial charge in [-0.05, 0) is 46.0 Å². The van der Waals surface area contributed by atoms with Gasteiger partial charge in [-0.25, -0.2) is 4.39 Å². The average molecular weight is 270 g/mol. The lowest BCUT2D eigenvalue weighted by Gasteiger charge is -2.03. The van der Waals surface area contributed by atoms with E-state index in [1.807, 2.05) is 6.20 Å². The Balaban J connectivity index is 2.58. The Kier molecular flexibility index (Phi) is 2.83. The van der Waals surface area contributed by atoms with E-state index < -0.39 is 0 Å². The fourth-order valence-corrected chi connectivity index (χ4v) is 2.37. The number of hydrogen-bond acceptors (Lipinski definition) is 0. The van der Waals surface area contributed by atoms with Crippen LogP contribution >= 0.6 is 15.9 Å². The maximum atomic E-state index is 13.2. The van der Waals surface area contributed by atoms with Gasteiger partial charge in [0.25, 0.3) is 0 Å². The molecule has 0 fully saturated rings. The predicted molar refractivity (Wildman–Crippen MR) is 64.5 cm³/mol. The first-order valence-electron chi connectivity index (χ1n) is 5.03. The number of fused-ring (bicyclic) bond motifs is 1. The van der Waals surface area contributed by atoms with Crippen LogP contribution in [0.2, 0.25) is 0 Å². The highest BCUT2D eigenvalue weighted by Crippen LogP contribution is 2.28. The Morgan fingerprint density at radius 1 is 1.40 bits per heavy atom. The van der Waals surface area contributed by atoms with Gasteiger partial charge in [0, 0.05) is 16.1 Å². The standard InChI is InChI=1S/C12H13BrFN/c1-7(2)3-8-6-15-12-10(8)4-9(14)5-11(12)13/h4-7,15H,3H2,1-2H3. The zero-order valence-corrected chi connectivity index (χ0v) is 10.4. The summed E-state index contributed by atoms with van der Waals surface area (Å²) < 4.78 is 14.0. The quantitative estimate of drug-likeness (QED) is 0.838. The van der Waals surface area contributed by atoms with E-state index in [2.05, 4.69) is 34.8 Å². The van der Waals surface area contributed by atoms with E-state index in [1.165, 1.54) is 11.6 Å². The van der Waals surface area contributed by atoms with E-state index >= 15 is 0 Å². The summed E-state index contributed by atoms with van der Waals surface area (Å²) in [5.41, 5.74) is 2.16. The van der Waals surface area contributed by atoms with Gasteiger partial charge in [-0.3, -0.25) is 0 Å². The molecule has 0 bridgehead atoms. The number of H-pyrrole nitrogens is 1. The largest absolute Gasteiger partial charge is 0.360 e. The molecular weight excluding hydrogens is 257 g/mol. The molecule has 1 N–H and O–H groups in total. The van der Waals surface area contributed by atoms with Crippen molar-refractivity contribution >= 4 is 26.8 Å². The maximum absolute atomic E-state index is 13.2.